The van der Waals surface area contributed by atoms with Crippen LogP contribution in [0.1, 0.15) is 20.7 Å². The Bertz CT molecular complexity index is 777. The number of carbonyl (C=O) groups is 2. The molecule has 0 N–H and O–H groups in total. The third kappa shape index (κ3) is 4.07. The summed E-state index contributed by atoms with van der Waals surface area (Å²) in [6.45, 7) is 0. The van der Waals surface area contributed by atoms with Gasteiger partial charge in [-0.3, -0.25) is 0 Å². The van der Waals surface area contributed by atoms with Crippen molar-refractivity contribution in [1.29, 1.82) is 0 Å². The Balaban J connectivity index is 2.34. The molecular weight excluding hydrogens is 632 g/mol. The van der Waals surface area contributed by atoms with E-state index in [0.29, 0.717) is 5.56 Å². The van der Waals surface area contributed by atoms with Gasteiger partial charge in [-0.25, -0.2) is 9.18 Å². The summed E-state index contributed by atoms with van der Waals surface area (Å²) in [6, 6.07) is 6.60. The van der Waals surface area contributed by atoms with Crippen molar-refractivity contribution >= 4 is 79.7 Å². The van der Waals surface area contributed by atoms with E-state index in [9.17, 15) is 19.1 Å². The van der Waals surface area contributed by atoms with E-state index in [1.165, 1.54) is 6.07 Å². The fourth-order valence-electron chi connectivity index (χ4n) is 1.59. The van der Waals surface area contributed by atoms with Crippen LogP contribution in [-0.4, -0.2) is 11.9 Å². The van der Waals surface area contributed by atoms with Crippen molar-refractivity contribution in [1.82, 2.24) is 0 Å². The van der Waals surface area contributed by atoms with E-state index in [4.69, 9.17) is 4.74 Å². The van der Waals surface area contributed by atoms with E-state index in [-0.39, 0.29) is 5.75 Å². The molecule has 2 aromatic carbocycles. The Morgan fingerprint density at radius 3 is 2.36 bits per heavy atom. The zero-order chi connectivity index (χ0) is 16.4. The standard InChI is InChI=1S/C14H6FI3O4/c15-10-2-1-7(5-8(10)13(19)20)22-14(21)9-3-6(16)4-11(17)12(9)18/h1-5H,(H,19,20)/p-1. The van der Waals surface area contributed by atoms with Crippen molar-refractivity contribution in [2.45, 2.75) is 0 Å². The molecule has 0 atom stereocenters. The van der Waals surface area contributed by atoms with Gasteiger partial charge >= 0.3 is 5.97 Å². The van der Waals surface area contributed by atoms with Gasteiger partial charge in [0.05, 0.1) is 11.5 Å². The van der Waals surface area contributed by atoms with Crippen LogP contribution in [-0.2, 0) is 0 Å². The van der Waals surface area contributed by atoms with Crippen molar-refractivity contribution in [3.05, 3.63) is 58.0 Å². The number of benzene rings is 2. The normalized spacial score (nSPS) is 10.4. The van der Waals surface area contributed by atoms with Gasteiger partial charge in [-0.05, 0) is 98.1 Å². The Morgan fingerprint density at radius 1 is 1.05 bits per heavy atom. The van der Waals surface area contributed by atoms with Crippen LogP contribution >= 0.6 is 67.8 Å². The first-order chi connectivity index (χ1) is 10.3. The van der Waals surface area contributed by atoms with Crippen molar-refractivity contribution in [3.8, 4) is 5.75 Å². The average Bonchev–Trinajstić information content (AvgIpc) is 2.44. The number of ether oxygens (including phenoxy) is 1. The number of esters is 1. The van der Waals surface area contributed by atoms with Gasteiger partial charge < -0.3 is 14.6 Å². The van der Waals surface area contributed by atoms with Gasteiger partial charge in [-0.2, -0.15) is 0 Å². The molecule has 0 aliphatic carbocycles. The van der Waals surface area contributed by atoms with E-state index in [2.05, 4.69) is 45.2 Å². The molecule has 22 heavy (non-hydrogen) atoms. The minimum Gasteiger partial charge on any atom is -0.545 e. The fraction of sp³-hybridized carbons (Fsp3) is 0. The quantitative estimate of drug-likeness (QED) is 0.225. The topological polar surface area (TPSA) is 66.4 Å². The highest BCUT2D eigenvalue weighted by Gasteiger charge is 2.16. The molecule has 0 saturated heterocycles. The smallest absolute Gasteiger partial charge is 0.344 e. The number of hydrogen-bond acceptors (Lipinski definition) is 4. The number of carboxylic acids is 1. The molecule has 0 spiro atoms. The third-order valence-electron chi connectivity index (χ3n) is 2.58. The third-order valence-corrected chi connectivity index (χ3v) is 6.25. The zero-order valence-electron chi connectivity index (χ0n) is 10.5. The van der Waals surface area contributed by atoms with Crippen LogP contribution in [0.25, 0.3) is 0 Å². The maximum Gasteiger partial charge on any atom is 0.344 e. The molecule has 114 valence electrons. The molecule has 0 unspecified atom stereocenters. The number of halogens is 4. The Kier molecular flexibility index (Phi) is 5.99. The van der Waals surface area contributed by atoms with Gasteiger partial charge in [0.2, 0.25) is 0 Å². The lowest BCUT2D eigenvalue weighted by atomic mass is 10.2. The van der Waals surface area contributed by atoms with Gasteiger partial charge in [-0.15, -0.1) is 0 Å². The second-order valence-electron chi connectivity index (χ2n) is 4.07. The molecule has 0 heterocycles. The molecule has 0 bridgehead atoms. The lowest BCUT2D eigenvalue weighted by Gasteiger charge is -2.10. The van der Waals surface area contributed by atoms with Crippen LogP contribution in [0.15, 0.2) is 30.3 Å². The van der Waals surface area contributed by atoms with Crippen LogP contribution in [0.2, 0.25) is 0 Å². The highest BCUT2D eigenvalue weighted by Crippen LogP contribution is 2.25. The van der Waals surface area contributed by atoms with Crippen LogP contribution in [0.4, 0.5) is 4.39 Å². The molecule has 0 aliphatic rings. The summed E-state index contributed by atoms with van der Waals surface area (Å²) in [7, 11) is 0. The zero-order valence-corrected chi connectivity index (χ0v) is 17.0. The van der Waals surface area contributed by atoms with Gasteiger partial charge in [0.1, 0.15) is 11.6 Å². The minimum atomic E-state index is -1.67. The van der Waals surface area contributed by atoms with Crippen molar-refractivity contribution in [2.75, 3.05) is 0 Å². The Morgan fingerprint density at radius 2 is 1.73 bits per heavy atom. The molecular formula is C14H5FI3O4-. The Labute approximate surface area is 165 Å². The van der Waals surface area contributed by atoms with Crippen molar-refractivity contribution in [3.63, 3.8) is 0 Å². The molecule has 0 saturated carbocycles. The van der Waals surface area contributed by atoms with Gasteiger partial charge in [0, 0.05) is 16.3 Å². The molecule has 0 aromatic heterocycles. The number of carbonyl (C=O) groups excluding carboxylic acids is 2. The predicted octanol–water partition coefficient (Wildman–Crippen LogP) is 3.22. The molecule has 0 fully saturated rings. The monoisotopic (exact) mass is 637 g/mol. The molecule has 8 heteroatoms. The van der Waals surface area contributed by atoms with E-state index in [0.717, 1.165) is 22.8 Å². The van der Waals surface area contributed by atoms with E-state index >= 15 is 0 Å². The van der Waals surface area contributed by atoms with E-state index in [1.54, 1.807) is 6.07 Å². The average molecular weight is 637 g/mol. The lowest BCUT2D eigenvalue weighted by Crippen LogP contribution is -2.23. The molecule has 2 rings (SSSR count). The molecule has 2 aromatic rings. The summed E-state index contributed by atoms with van der Waals surface area (Å²) in [5.74, 6) is -3.32. The van der Waals surface area contributed by atoms with Crippen LogP contribution < -0.4 is 9.84 Å². The Hall–Kier alpha value is -0.500. The maximum absolute atomic E-state index is 13.3. The summed E-state index contributed by atoms with van der Waals surface area (Å²) < 4.78 is 20.9. The summed E-state index contributed by atoms with van der Waals surface area (Å²) in [6.07, 6.45) is 0. The highest BCUT2D eigenvalue weighted by atomic mass is 127. The molecule has 0 amide bonds. The van der Waals surface area contributed by atoms with E-state index < -0.39 is 23.3 Å². The van der Waals surface area contributed by atoms with Gasteiger partial charge in [0.25, 0.3) is 0 Å². The first-order valence-electron chi connectivity index (χ1n) is 5.67. The summed E-state index contributed by atoms with van der Waals surface area (Å²) in [5.41, 5.74) is -0.298. The maximum atomic E-state index is 13.3. The van der Waals surface area contributed by atoms with Crippen LogP contribution in [0.5, 0.6) is 5.75 Å². The number of rotatable bonds is 3. The van der Waals surface area contributed by atoms with Gasteiger partial charge in [-0.1, -0.05) is 0 Å². The second kappa shape index (κ2) is 7.38. The van der Waals surface area contributed by atoms with Gasteiger partial charge in [0.15, 0.2) is 0 Å². The predicted molar refractivity (Wildman–Crippen MR) is 100 cm³/mol. The number of aromatic carboxylic acids is 1. The van der Waals surface area contributed by atoms with Crippen LogP contribution in [0.3, 0.4) is 0 Å². The highest BCUT2D eigenvalue weighted by molar-refractivity contribution is 14.1. The lowest BCUT2D eigenvalue weighted by molar-refractivity contribution is -0.255. The first kappa shape index (κ1) is 17.8. The van der Waals surface area contributed by atoms with Crippen LogP contribution in [0, 0.1) is 16.5 Å². The summed E-state index contributed by atoms with van der Waals surface area (Å²) >= 11 is 6.21. The molecule has 0 radical (unpaired) electrons. The minimum absolute atomic E-state index is 0.0599. The van der Waals surface area contributed by atoms with E-state index in [1.807, 2.05) is 28.7 Å². The number of carboxylic acid groups (broad SMARTS) is 1. The van der Waals surface area contributed by atoms with Crippen molar-refractivity contribution < 1.29 is 23.8 Å². The largest absolute Gasteiger partial charge is 0.545 e. The van der Waals surface area contributed by atoms with Crippen molar-refractivity contribution in [2.24, 2.45) is 0 Å². The molecule has 0 aliphatic heterocycles. The molecule has 4 nitrogen and oxygen atoms in total. The fourth-order valence-corrected chi connectivity index (χ4v) is 3.97. The SMILES string of the molecule is O=C([O-])c1cc(OC(=O)c2cc(I)cc(I)c2I)ccc1F. The second-order valence-corrected chi connectivity index (χ2v) is 7.55. The summed E-state index contributed by atoms with van der Waals surface area (Å²) in [5, 5.41) is 10.8. The number of hydrogen-bond donors (Lipinski definition) is 0. The first-order valence-corrected chi connectivity index (χ1v) is 8.91. The summed E-state index contributed by atoms with van der Waals surface area (Å²) in [4.78, 5) is 23.0.